The summed E-state index contributed by atoms with van der Waals surface area (Å²) < 4.78 is 12.5. The molecule has 1 amide bonds. The molecule has 0 aliphatic rings. The number of nitrogens with two attached hydrogens (primary N) is 1. The van der Waals surface area contributed by atoms with E-state index in [4.69, 9.17) is 15.2 Å². The van der Waals surface area contributed by atoms with Gasteiger partial charge in [0.05, 0.1) is 13.2 Å². The summed E-state index contributed by atoms with van der Waals surface area (Å²) in [6.45, 7) is 2.56. The monoisotopic (exact) mass is 342 g/mol. The molecule has 3 N–H and O–H groups in total. The van der Waals surface area contributed by atoms with E-state index in [1.165, 1.54) is 0 Å². The second-order valence-corrected chi connectivity index (χ2v) is 5.46. The summed E-state index contributed by atoms with van der Waals surface area (Å²) in [6.07, 6.45) is 1.59. The first kappa shape index (κ1) is 18.5. The van der Waals surface area contributed by atoms with Gasteiger partial charge in [0.1, 0.15) is 11.9 Å². The molecule has 0 radical (unpaired) electrons. The lowest BCUT2D eigenvalue weighted by molar-refractivity contribution is 0.0917. The molecule has 0 fully saturated rings. The Bertz CT molecular complexity index is 789. The van der Waals surface area contributed by atoms with Crippen LogP contribution in [0.25, 0.3) is 0 Å². The molecule has 2 rings (SSSR count). The molecule has 0 saturated heterocycles. The maximum Gasteiger partial charge on any atom is 0.257 e. The minimum absolute atomic E-state index is 0.158. The highest BCUT2D eigenvalue weighted by Crippen LogP contribution is 2.19. The number of methoxy groups -OCH3 is 1. The van der Waals surface area contributed by atoms with E-state index in [0.29, 0.717) is 29.3 Å². The van der Waals surface area contributed by atoms with Gasteiger partial charge in [0, 0.05) is 37.5 Å². The number of carbonyl (C=O) groups is 1. The molecular weight excluding hydrogens is 320 g/mol. The molecule has 1 aromatic heterocycles. The lowest BCUT2D eigenvalue weighted by Crippen LogP contribution is -2.19. The van der Waals surface area contributed by atoms with E-state index < -0.39 is 0 Å². The molecule has 1 heterocycles. The summed E-state index contributed by atoms with van der Waals surface area (Å²) >= 11 is 0. The second-order valence-electron chi connectivity index (χ2n) is 5.46. The van der Waals surface area contributed by atoms with Crippen LogP contribution in [-0.2, 0) is 11.8 Å². The summed E-state index contributed by atoms with van der Waals surface area (Å²) in [6, 6.07) is 6.84. The Kier molecular flexibility index (Phi) is 6.57. The molecular formula is C18H22N4O3. The van der Waals surface area contributed by atoms with Crippen molar-refractivity contribution in [2.45, 2.75) is 13.0 Å². The molecule has 1 aromatic carbocycles. The molecule has 7 nitrogen and oxygen atoms in total. The number of aromatic nitrogens is 2. The average molecular weight is 342 g/mol. The second kappa shape index (κ2) is 8.87. The highest BCUT2D eigenvalue weighted by molar-refractivity contribution is 6.04. The number of ether oxygens (including phenoxy) is 2. The normalized spacial score (nSPS) is 11.4. The van der Waals surface area contributed by atoms with Gasteiger partial charge >= 0.3 is 0 Å². The lowest BCUT2D eigenvalue weighted by Gasteiger charge is -2.15. The molecule has 0 spiro atoms. The topological polar surface area (TPSA) is 91.4 Å². The van der Waals surface area contributed by atoms with Crippen LogP contribution >= 0.6 is 0 Å². The third-order valence-corrected chi connectivity index (χ3v) is 3.20. The van der Waals surface area contributed by atoms with E-state index in [1.54, 1.807) is 49.3 Å². The number of hydrogen-bond donors (Lipinski definition) is 2. The van der Waals surface area contributed by atoms with E-state index in [0.717, 1.165) is 0 Å². The maximum atomic E-state index is 12.5. The van der Waals surface area contributed by atoms with Gasteiger partial charge in [-0.3, -0.25) is 9.48 Å². The van der Waals surface area contributed by atoms with E-state index in [1.807, 2.05) is 6.92 Å². The largest absolute Gasteiger partial charge is 0.488 e. The highest BCUT2D eigenvalue weighted by atomic mass is 16.5. The molecule has 0 bridgehead atoms. The first-order valence-electron chi connectivity index (χ1n) is 7.82. The molecule has 7 heteroatoms. The first-order valence-corrected chi connectivity index (χ1v) is 7.82. The van der Waals surface area contributed by atoms with Gasteiger partial charge in [-0.2, -0.15) is 5.10 Å². The Labute approximate surface area is 147 Å². The van der Waals surface area contributed by atoms with E-state index in [2.05, 4.69) is 22.3 Å². The third kappa shape index (κ3) is 5.64. The van der Waals surface area contributed by atoms with Crippen LogP contribution in [0.5, 0.6) is 5.75 Å². The van der Waals surface area contributed by atoms with Crippen LogP contribution in [0.1, 0.15) is 22.8 Å². The van der Waals surface area contributed by atoms with Crippen molar-refractivity contribution in [2.24, 2.45) is 12.8 Å². The van der Waals surface area contributed by atoms with E-state index in [9.17, 15) is 4.79 Å². The molecule has 2 aromatic rings. The first-order chi connectivity index (χ1) is 12.0. The van der Waals surface area contributed by atoms with Crippen molar-refractivity contribution < 1.29 is 14.3 Å². The van der Waals surface area contributed by atoms with Crippen LogP contribution in [0.3, 0.4) is 0 Å². The predicted octanol–water partition coefficient (Wildman–Crippen LogP) is 1.40. The number of amides is 1. The van der Waals surface area contributed by atoms with Crippen LogP contribution in [0, 0.1) is 11.8 Å². The van der Waals surface area contributed by atoms with Gasteiger partial charge in [0.15, 0.2) is 5.82 Å². The van der Waals surface area contributed by atoms with Gasteiger partial charge in [-0.25, -0.2) is 0 Å². The quantitative estimate of drug-likeness (QED) is 0.774. The summed E-state index contributed by atoms with van der Waals surface area (Å²) in [5.74, 6) is 6.43. The van der Waals surface area contributed by atoms with Gasteiger partial charge in [0.25, 0.3) is 5.91 Å². The number of rotatable bonds is 6. The van der Waals surface area contributed by atoms with Crippen molar-refractivity contribution in [3.8, 4) is 17.6 Å². The van der Waals surface area contributed by atoms with Crippen molar-refractivity contribution >= 4 is 11.7 Å². The summed E-state index contributed by atoms with van der Waals surface area (Å²) in [5, 5.41) is 6.88. The number of carbonyl (C=O) groups excluding carboxylic acids is 1. The Morgan fingerprint density at radius 1 is 1.44 bits per heavy atom. The van der Waals surface area contributed by atoms with E-state index >= 15 is 0 Å². The standard InChI is InChI=1S/C18H22N4O3/c1-13(12-24-3)25-16-10-14(5-4-7-19)9-15(11-16)18(23)20-17-6-8-22(2)21-17/h6,8-11,13H,7,12,19H2,1-3H3,(H,20,21,23)/t13-/m0/s1. The van der Waals surface area contributed by atoms with E-state index in [-0.39, 0.29) is 18.6 Å². The average Bonchev–Trinajstić information content (AvgIpc) is 2.97. The molecule has 0 aliphatic heterocycles. The summed E-state index contributed by atoms with van der Waals surface area (Å²) in [5.41, 5.74) is 6.50. The molecule has 132 valence electrons. The third-order valence-electron chi connectivity index (χ3n) is 3.20. The Balaban J connectivity index is 2.26. The van der Waals surface area contributed by atoms with Crippen molar-refractivity contribution in [1.29, 1.82) is 0 Å². The van der Waals surface area contributed by atoms with Crippen molar-refractivity contribution in [3.05, 3.63) is 41.6 Å². The van der Waals surface area contributed by atoms with Gasteiger partial charge in [-0.15, -0.1) is 0 Å². The Hall–Kier alpha value is -2.82. The van der Waals surface area contributed by atoms with Crippen LogP contribution in [0.2, 0.25) is 0 Å². The van der Waals surface area contributed by atoms with Crippen LogP contribution in [-0.4, -0.2) is 42.1 Å². The number of anilines is 1. The summed E-state index contributed by atoms with van der Waals surface area (Å²) in [7, 11) is 3.39. The fourth-order valence-corrected chi connectivity index (χ4v) is 2.19. The van der Waals surface area contributed by atoms with Crippen LogP contribution in [0.15, 0.2) is 30.5 Å². The Morgan fingerprint density at radius 3 is 2.88 bits per heavy atom. The zero-order valence-corrected chi connectivity index (χ0v) is 14.6. The number of aryl methyl sites for hydroxylation is 1. The van der Waals surface area contributed by atoms with Crippen LogP contribution in [0.4, 0.5) is 5.82 Å². The Morgan fingerprint density at radius 2 is 2.24 bits per heavy atom. The molecule has 0 unspecified atom stereocenters. The minimum Gasteiger partial charge on any atom is -0.488 e. The number of benzene rings is 1. The van der Waals surface area contributed by atoms with Gasteiger partial charge in [-0.1, -0.05) is 11.8 Å². The molecule has 0 saturated carbocycles. The lowest BCUT2D eigenvalue weighted by atomic mass is 10.1. The van der Waals surface area contributed by atoms with Gasteiger partial charge < -0.3 is 20.5 Å². The zero-order valence-electron chi connectivity index (χ0n) is 14.6. The van der Waals surface area contributed by atoms with Gasteiger partial charge in [0.2, 0.25) is 0 Å². The minimum atomic E-state index is -0.292. The number of nitrogens with one attached hydrogen (secondary N) is 1. The van der Waals surface area contributed by atoms with Crippen molar-refractivity contribution in [2.75, 3.05) is 25.6 Å². The van der Waals surface area contributed by atoms with Crippen molar-refractivity contribution in [3.63, 3.8) is 0 Å². The molecule has 0 aliphatic carbocycles. The fourth-order valence-electron chi connectivity index (χ4n) is 2.19. The summed E-state index contributed by atoms with van der Waals surface area (Å²) in [4.78, 5) is 12.5. The molecule has 1 atom stereocenters. The number of nitrogens with zero attached hydrogens (tertiary/aromatic N) is 2. The molecule has 25 heavy (non-hydrogen) atoms. The van der Waals surface area contributed by atoms with Crippen LogP contribution < -0.4 is 15.8 Å². The van der Waals surface area contributed by atoms with Crippen molar-refractivity contribution in [1.82, 2.24) is 9.78 Å². The smallest absolute Gasteiger partial charge is 0.257 e. The zero-order chi connectivity index (χ0) is 18.2. The fraction of sp³-hybridized carbons (Fsp3) is 0.333. The number of hydrogen-bond acceptors (Lipinski definition) is 5. The highest BCUT2D eigenvalue weighted by Gasteiger charge is 2.12. The van der Waals surface area contributed by atoms with Gasteiger partial charge in [-0.05, 0) is 25.1 Å². The predicted molar refractivity (Wildman–Crippen MR) is 95.5 cm³/mol. The maximum absolute atomic E-state index is 12.5. The SMILES string of the molecule is COC[C@H](C)Oc1cc(C#CCN)cc(C(=O)Nc2ccn(C)n2)c1.